The Morgan fingerprint density at radius 2 is 2.15 bits per heavy atom. The highest BCUT2D eigenvalue weighted by molar-refractivity contribution is 5.10. The molecule has 1 aliphatic rings. The van der Waals surface area contributed by atoms with E-state index in [0.29, 0.717) is 6.54 Å². The highest BCUT2D eigenvalue weighted by Gasteiger charge is 2.32. The van der Waals surface area contributed by atoms with Crippen molar-refractivity contribution in [2.75, 3.05) is 6.54 Å². The predicted molar refractivity (Wildman–Crippen MR) is 77.8 cm³/mol. The van der Waals surface area contributed by atoms with E-state index in [2.05, 4.69) is 24.1 Å². The van der Waals surface area contributed by atoms with Crippen molar-refractivity contribution in [1.29, 1.82) is 0 Å². The van der Waals surface area contributed by atoms with Gasteiger partial charge < -0.3 is 10.4 Å². The number of hydrogen-bond acceptors (Lipinski definition) is 3. The maximum absolute atomic E-state index is 12.9. The molecular formula is C16H25FN2O. The second kappa shape index (κ2) is 6.64. The SMILES string of the molecule is CCC(NCC1(O)CCC(C)CC1)c1ccc(F)cn1. The molecule has 0 spiro atoms. The van der Waals surface area contributed by atoms with E-state index in [1.54, 1.807) is 6.07 Å². The molecule has 1 atom stereocenters. The molecule has 1 aliphatic carbocycles. The van der Waals surface area contributed by atoms with Gasteiger partial charge in [0, 0.05) is 12.6 Å². The van der Waals surface area contributed by atoms with Crippen LogP contribution in [0.1, 0.15) is 57.7 Å². The Kier molecular flexibility index (Phi) is 5.11. The van der Waals surface area contributed by atoms with Crippen LogP contribution in [0.4, 0.5) is 4.39 Å². The van der Waals surface area contributed by atoms with Crippen molar-refractivity contribution in [3.8, 4) is 0 Å². The highest BCUT2D eigenvalue weighted by Crippen LogP contribution is 2.31. The second-order valence-corrected chi connectivity index (χ2v) is 6.15. The second-order valence-electron chi connectivity index (χ2n) is 6.15. The van der Waals surface area contributed by atoms with Crippen LogP contribution in [0.2, 0.25) is 0 Å². The van der Waals surface area contributed by atoms with Crippen LogP contribution >= 0.6 is 0 Å². The summed E-state index contributed by atoms with van der Waals surface area (Å²) < 4.78 is 12.9. The van der Waals surface area contributed by atoms with Crippen LogP contribution in [0.5, 0.6) is 0 Å². The molecule has 1 fully saturated rings. The Labute approximate surface area is 120 Å². The number of nitrogens with one attached hydrogen (secondary N) is 1. The first-order chi connectivity index (χ1) is 9.52. The van der Waals surface area contributed by atoms with E-state index in [9.17, 15) is 9.50 Å². The topological polar surface area (TPSA) is 45.1 Å². The molecule has 0 amide bonds. The fraction of sp³-hybridized carbons (Fsp3) is 0.688. The normalized spacial score (nSPS) is 28.3. The number of pyridine rings is 1. The molecule has 1 aromatic rings. The van der Waals surface area contributed by atoms with Crippen LogP contribution in [-0.4, -0.2) is 22.2 Å². The van der Waals surface area contributed by atoms with Gasteiger partial charge >= 0.3 is 0 Å². The minimum absolute atomic E-state index is 0.0685. The van der Waals surface area contributed by atoms with Gasteiger partial charge in [0.2, 0.25) is 0 Å². The zero-order valence-electron chi connectivity index (χ0n) is 12.4. The minimum atomic E-state index is -0.597. The molecule has 1 unspecified atom stereocenters. The lowest BCUT2D eigenvalue weighted by molar-refractivity contribution is -0.00840. The molecule has 0 radical (unpaired) electrons. The Balaban J connectivity index is 1.92. The van der Waals surface area contributed by atoms with Crippen LogP contribution in [-0.2, 0) is 0 Å². The number of rotatable bonds is 5. The summed E-state index contributed by atoms with van der Waals surface area (Å²) in [7, 11) is 0. The molecule has 1 aromatic heterocycles. The van der Waals surface area contributed by atoms with Crippen LogP contribution in [0.15, 0.2) is 18.3 Å². The van der Waals surface area contributed by atoms with Crippen molar-refractivity contribution in [3.63, 3.8) is 0 Å². The molecule has 0 aromatic carbocycles. The van der Waals surface area contributed by atoms with Crippen LogP contribution < -0.4 is 5.32 Å². The van der Waals surface area contributed by atoms with E-state index in [-0.39, 0.29) is 11.9 Å². The molecule has 20 heavy (non-hydrogen) atoms. The number of aliphatic hydroxyl groups is 1. The molecular weight excluding hydrogens is 255 g/mol. The molecule has 2 N–H and O–H groups in total. The predicted octanol–water partition coefficient (Wildman–Crippen LogP) is 3.20. The molecule has 2 rings (SSSR count). The summed E-state index contributed by atoms with van der Waals surface area (Å²) in [6.45, 7) is 4.89. The van der Waals surface area contributed by atoms with E-state index in [1.807, 2.05) is 0 Å². The van der Waals surface area contributed by atoms with E-state index in [1.165, 1.54) is 12.3 Å². The molecule has 0 bridgehead atoms. The quantitative estimate of drug-likeness (QED) is 0.870. The Morgan fingerprint density at radius 1 is 1.45 bits per heavy atom. The minimum Gasteiger partial charge on any atom is -0.389 e. The van der Waals surface area contributed by atoms with E-state index >= 15 is 0 Å². The Bertz CT molecular complexity index is 413. The summed E-state index contributed by atoms with van der Waals surface area (Å²) in [5.41, 5.74) is 0.238. The third-order valence-corrected chi connectivity index (χ3v) is 4.40. The van der Waals surface area contributed by atoms with Gasteiger partial charge in [0.1, 0.15) is 5.82 Å². The number of hydrogen-bond donors (Lipinski definition) is 2. The third-order valence-electron chi connectivity index (χ3n) is 4.40. The highest BCUT2D eigenvalue weighted by atomic mass is 19.1. The van der Waals surface area contributed by atoms with E-state index in [0.717, 1.165) is 43.7 Å². The zero-order chi connectivity index (χ0) is 14.6. The summed E-state index contributed by atoms with van der Waals surface area (Å²) in [6, 6.07) is 3.21. The van der Waals surface area contributed by atoms with Crippen molar-refractivity contribution < 1.29 is 9.50 Å². The van der Waals surface area contributed by atoms with Gasteiger partial charge in [-0.2, -0.15) is 0 Å². The molecule has 3 nitrogen and oxygen atoms in total. The lowest BCUT2D eigenvalue weighted by Crippen LogP contribution is -2.44. The average molecular weight is 280 g/mol. The zero-order valence-corrected chi connectivity index (χ0v) is 12.4. The van der Waals surface area contributed by atoms with Crippen LogP contribution in [0.25, 0.3) is 0 Å². The lowest BCUT2D eigenvalue weighted by atomic mass is 9.79. The van der Waals surface area contributed by atoms with Gasteiger partial charge in [0.15, 0.2) is 0 Å². The first kappa shape index (κ1) is 15.4. The van der Waals surface area contributed by atoms with Gasteiger partial charge in [-0.15, -0.1) is 0 Å². The van der Waals surface area contributed by atoms with Crippen molar-refractivity contribution >= 4 is 0 Å². The number of nitrogens with zero attached hydrogens (tertiary/aromatic N) is 1. The summed E-state index contributed by atoms with van der Waals surface area (Å²) in [5, 5.41) is 14.0. The Hall–Kier alpha value is -1.00. The van der Waals surface area contributed by atoms with Gasteiger partial charge in [-0.25, -0.2) is 4.39 Å². The van der Waals surface area contributed by atoms with Crippen molar-refractivity contribution in [3.05, 3.63) is 29.8 Å². The molecule has 0 aliphatic heterocycles. The lowest BCUT2D eigenvalue weighted by Gasteiger charge is -2.36. The van der Waals surface area contributed by atoms with Crippen molar-refractivity contribution in [1.82, 2.24) is 10.3 Å². The van der Waals surface area contributed by atoms with Crippen molar-refractivity contribution in [2.45, 2.75) is 57.6 Å². The largest absolute Gasteiger partial charge is 0.389 e. The summed E-state index contributed by atoms with van der Waals surface area (Å²) in [4.78, 5) is 4.13. The molecule has 0 saturated heterocycles. The average Bonchev–Trinajstić information content (AvgIpc) is 2.45. The van der Waals surface area contributed by atoms with Gasteiger partial charge in [-0.3, -0.25) is 4.98 Å². The first-order valence-corrected chi connectivity index (χ1v) is 7.59. The summed E-state index contributed by atoms with van der Waals surface area (Å²) in [5.74, 6) is 0.402. The van der Waals surface area contributed by atoms with Gasteiger partial charge in [0.05, 0.1) is 17.5 Å². The smallest absolute Gasteiger partial charge is 0.141 e. The monoisotopic (exact) mass is 280 g/mol. The van der Waals surface area contributed by atoms with E-state index in [4.69, 9.17) is 0 Å². The van der Waals surface area contributed by atoms with Gasteiger partial charge in [-0.1, -0.05) is 13.8 Å². The molecule has 1 saturated carbocycles. The molecule has 112 valence electrons. The van der Waals surface area contributed by atoms with Crippen LogP contribution in [0, 0.1) is 11.7 Å². The molecule has 1 heterocycles. The number of aromatic nitrogens is 1. The fourth-order valence-corrected chi connectivity index (χ4v) is 2.84. The third kappa shape index (κ3) is 4.00. The van der Waals surface area contributed by atoms with Gasteiger partial charge in [-0.05, 0) is 50.2 Å². The maximum Gasteiger partial charge on any atom is 0.141 e. The maximum atomic E-state index is 12.9. The standard InChI is InChI=1S/C16H25FN2O/c1-3-14(15-5-4-13(17)10-18-15)19-11-16(20)8-6-12(2)7-9-16/h4-5,10,12,14,19-20H,3,6-9,11H2,1-2H3. The Morgan fingerprint density at radius 3 is 2.70 bits per heavy atom. The number of halogens is 1. The molecule has 4 heteroatoms. The van der Waals surface area contributed by atoms with Gasteiger partial charge in [0.25, 0.3) is 0 Å². The summed E-state index contributed by atoms with van der Waals surface area (Å²) >= 11 is 0. The van der Waals surface area contributed by atoms with Crippen LogP contribution in [0.3, 0.4) is 0 Å². The van der Waals surface area contributed by atoms with E-state index < -0.39 is 5.60 Å². The van der Waals surface area contributed by atoms with Crippen molar-refractivity contribution in [2.24, 2.45) is 5.92 Å². The first-order valence-electron chi connectivity index (χ1n) is 7.59. The fourth-order valence-electron chi connectivity index (χ4n) is 2.84. The summed E-state index contributed by atoms with van der Waals surface area (Å²) in [6.07, 6.45) is 6.00.